The van der Waals surface area contributed by atoms with Gasteiger partial charge in [0.05, 0.1) is 18.9 Å². The van der Waals surface area contributed by atoms with Gasteiger partial charge in [0.1, 0.15) is 0 Å². The second-order valence-electron chi connectivity index (χ2n) is 11.4. The van der Waals surface area contributed by atoms with E-state index in [1.807, 2.05) is 18.2 Å². The van der Waals surface area contributed by atoms with Crippen LogP contribution in [0.1, 0.15) is 57.4 Å². The number of aromatic hydroxyl groups is 1. The van der Waals surface area contributed by atoms with Crippen LogP contribution in [0.15, 0.2) is 58.7 Å². The molecule has 1 N–H and O–H groups in total. The fourth-order valence-electron chi connectivity index (χ4n) is 7.39. The third-order valence-corrected chi connectivity index (χ3v) is 9.27. The first-order chi connectivity index (χ1) is 18.8. The zero-order valence-corrected chi connectivity index (χ0v) is 22.3. The number of methoxy groups -OCH3 is 1. The van der Waals surface area contributed by atoms with E-state index in [1.54, 1.807) is 30.0 Å². The van der Waals surface area contributed by atoms with Crippen molar-refractivity contribution in [2.75, 3.05) is 7.11 Å². The number of nitrogens with zero attached hydrogens (tertiary/aromatic N) is 1. The molecule has 0 aromatic heterocycles. The van der Waals surface area contributed by atoms with Crippen molar-refractivity contribution in [3.05, 3.63) is 64.3 Å². The Kier molecular flexibility index (Phi) is 6.40. The number of carbonyl (C=O) groups is 4. The highest BCUT2D eigenvalue weighted by atomic mass is 16.5. The topological polar surface area (TPSA) is 101 Å². The van der Waals surface area contributed by atoms with E-state index in [2.05, 4.69) is 0 Å². The summed E-state index contributed by atoms with van der Waals surface area (Å²) < 4.78 is 5.24. The predicted molar refractivity (Wildman–Crippen MR) is 144 cm³/mol. The maximum Gasteiger partial charge on any atom is 0.233 e. The summed E-state index contributed by atoms with van der Waals surface area (Å²) in [4.78, 5) is 55.6. The van der Waals surface area contributed by atoms with Crippen molar-refractivity contribution in [2.45, 2.75) is 57.9 Å². The molecule has 0 radical (unpaired) electrons. The number of carbonyl (C=O) groups excluding carboxylic acids is 4. The molecule has 7 heteroatoms. The molecular formula is C32H33NO6. The average molecular weight is 528 g/mol. The molecule has 2 amide bonds. The van der Waals surface area contributed by atoms with E-state index in [-0.39, 0.29) is 41.1 Å². The molecule has 1 aromatic carbocycles. The number of fused-ring (bicyclic) bond motifs is 3. The van der Waals surface area contributed by atoms with Crippen LogP contribution >= 0.6 is 0 Å². The third kappa shape index (κ3) is 4.10. The van der Waals surface area contributed by atoms with Gasteiger partial charge in [-0.2, -0.15) is 0 Å². The number of benzene rings is 1. The SMILES string of the molecule is COc1cc(C=CC2C3=CCC4C(=O)N(C5CCCCC5)C(=O)C4C3CC3=C2C(=O)C=C(C)C3=O)ccc1O. The van der Waals surface area contributed by atoms with Crippen LogP contribution in [0.25, 0.3) is 6.08 Å². The zero-order chi connectivity index (χ0) is 27.4. The fourth-order valence-corrected chi connectivity index (χ4v) is 7.39. The van der Waals surface area contributed by atoms with E-state index in [0.717, 1.165) is 43.2 Å². The zero-order valence-electron chi connectivity index (χ0n) is 22.3. The fraction of sp³-hybridized carbons (Fsp3) is 0.438. The van der Waals surface area contributed by atoms with Crippen LogP contribution in [0.5, 0.6) is 11.5 Å². The molecule has 7 nitrogen and oxygen atoms in total. The summed E-state index contributed by atoms with van der Waals surface area (Å²) in [5.74, 6) is -1.86. The van der Waals surface area contributed by atoms with Gasteiger partial charge in [-0.25, -0.2) is 0 Å². The number of hydrogen-bond donors (Lipinski definition) is 1. The highest BCUT2D eigenvalue weighted by Crippen LogP contribution is 2.53. The molecule has 4 atom stereocenters. The molecule has 1 heterocycles. The highest BCUT2D eigenvalue weighted by molar-refractivity contribution is 6.23. The Bertz CT molecular complexity index is 1410. The molecule has 2 fully saturated rings. The lowest BCUT2D eigenvalue weighted by Gasteiger charge is -2.41. The largest absolute Gasteiger partial charge is 0.504 e. The Morgan fingerprint density at radius 1 is 1.03 bits per heavy atom. The maximum atomic E-state index is 13.9. The lowest BCUT2D eigenvalue weighted by molar-refractivity contribution is -0.143. The number of phenols is 1. The first kappa shape index (κ1) is 25.5. The van der Waals surface area contributed by atoms with Crippen LogP contribution in [0, 0.1) is 23.7 Å². The number of imide groups is 1. The number of rotatable bonds is 4. The van der Waals surface area contributed by atoms with Crippen LogP contribution in [0.2, 0.25) is 0 Å². The van der Waals surface area contributed by atoms with Crippen molar-refractivity contribution < 1.29 is 29.0 Å². The standard InChI is InChI=1S/C32H33NO6/c1-17-14-26(35)28-21(10-8-18-9-13-25(34)27(15-18)39-2)20-11-12-22-29(23(20)16-24(28)30(17)36)32(38)33(31(22)37)19-6-4-3-5-7-19/h8-11,13-15,19,21-23,29,34H,3-7,12,16H2,1-2H3. The Morgan fingerprint density at radius 3 is 2.54 bits per heavy atom. The minimum Gasteiger partial charge on any atom is -0.504 e. The summed E-state index contributed by atoms with van der Waals surface area (Å²) in [6, 6.07) is 4.95. The van der Waals surface area contributed by atoms with Crippen molar-refractivity contribution >= 4 is 29.5 Å². The van der Waals surface area contributed by atoms with Gasteiger partial charge in [0.15, 0.2) is 23.1 Å². The lowest BCUT2D eigenvalue weighted by Crippen LogP contribution is -2.43. The number of likely N-dealkylation sites (tertiary alicyclic amines) is 1. The Morgan fingerprint density at radius 2 is 1.79 bits per heavy atom. The van der Waals surface area contributed by atoms with Crippen molar-refractivity contribution in [3.63, 3.8) is 0 Å². The molecule has 1 aromatic rings. The monoisotopic (exact) mass is 527 g/mol. The number of ketones is 2. The number of phenolic OH excluding ortho intramolecular Hbond substituents is 1. The minimum atomic E-state index is -0.507. The van der Waals surface area contributed by atoms with E-state index in [4.69, 9.17) is 4.74 Å². The van der Waals surface area contributed by atoms with Crippen LogP contribution in [0.3, 0.4) is 0 Å². The van der Waals surface area contributed by atoms with Crippen molar-refractivity contribution in [1.29, 1.82) is 0 Å². The summed E-state index contributed by atoms with van der Waals surface area (Å²) in [7, 11) is 1.48. The summed E-state index contributed by atoms with van der Waals surface area (Å²) in [5.41, 5.74) is 3.05. The van der Waals surface area contributed by atoms with Crippen LogP contribution in [-0.4, -0.2) is 46.5 Å². The molecular weight excluding hydrogens is 494 g/mol. The minimum absolute atomic E-state index is 0.0269. The van der Waals surface area contributed by atoms with Gasteiger partial charge in [0.25, 0.3) is 0 Å². The first-order valence-electron chi connectivity index (χ1n) is 13.9. The normalized spacial score (nSPS) is 29.3. The van der Waals surface area contributed by atoms with Gasteiger partial charge in [-0.3, -0.25) is 24.1 Å². The number of ether oxygens (including phenoxy) is 1. The molecule has 1 aliphatic heterocycles. The summed E-state index contributed by atoms with van der Waals surface area (Å²) in [6.07, 6.45) is 12.9. The first-order valence-corrected chi connectivity index (χ1v) is 13.9. The average Bonchev–Trinajstić information content (AvgIpc) is 3.20. The number of amides is 2. The van der Waals surface area contributed by atoms with Crippen molar-refractivity contribution in [3.8, 4) is 11.5 Å². The van der Waals surface area contributed by atoms with Gasteiger partial charge in [-0.05, 0) is 62.3 Å². The molecule has 4 aliphatic carbocycles. The number of hydrogen-bond acceptors (Lipinski definition) is 6. The van der Waals surface area contributed by atoms with E-state index >= 15 is 0 Å². The molecule has 6 rings (SSSR count). The van der Waals surface area contributed by atoms with E-state index in [9.17, 15) is 24.3 Å². The molecule has 0 spiro atoms. The summed E-state index contributed by atoms with van der Waals surface area (Å²) in [5, 5.41) is 9.98. The Balaban J connectivity index is 1.40. The van der Waals surface area contributed by atoms with Crippen LogP contribution in [-0.2, 0) is 19.2 Å². The quantitative estimate of drug-likeness (QED) is 0.346. The van der Waals surface area contributed by atoms with E-state index in [0.29, 0.717) is 35.3 Å². The smallest absolute Gasteiger partial charge is 0.233 e. The van der Waals surface area contributed by atoms with Gasteiger partial charge in [-0.15, -0.1) is 0 Å². The maximum absolute atomic E-state index is 13.9. The summed E-state index contributed by atoms with van der Waals surface area (Å²) >= 11 is 0. The van der Waals surface area contributed by atoms with Crippen molar-refractivity contribution in [1.82, 2.24) is 4.90 Å². The Labute approximate surface area is 227 Å². The lowest BCUT2D eigenvalue weighted by atomic mass is 9.60. The van der Waals surface area contributed by atoms with Crippen LogP contribution in [0.4, 0.5) is 0 Å². The van der Waals surface area contributed by atoms with E-state index in [1.165, 1.54) is 13.2 Å². The molecule has 202 valence electrons. The molecule has 39 heavy (non-hydrogen) atoms. The van der Waals surface area contributed by atoms with Gasteiger partial charge in [-0.1, -0.05) is 49.1 Å². The molecule has 0 bridgehead atoms. The molecule has 1 saturated carbocycles. The highest BCUT2D eigenvalue weighted by Gasteiger charge is 2.57. The van der Waals surface area contributed by atoms with Crippen molar-refractivity contribution in [2.24, 2.45) is 23.7 Å². The Hall–Kier alpha value is -3.74. The van der Waals surface area contributed by atoms with Gasteiger partial charge >= 0.3 is 0 Å². The summed E-state index contributed by atoms with van der Waals surface area (Å²) in [6.45, 7) is 1.65. The van der Waals surface area contributed by atoms with E-state index < -0.39 is 17.8 Å². The van der Waals surface area contributed by atoms with Gasteiger partial charge < -0.3 is 9.84 Å². The second-order valence-corrected chi connectivity index (χ2v) is 11.4. The van der Waals surface area contributed by atoms with Crippen LogP contribution < -0.4 is 4.74 Å². The molecule has 1 saturated heterocycles. The number of allylic oxidation sites excluding steroid dienone is 7. The third-order valence-electron chi connectivity index (χ3n) is 9.27. The van der Waals surface area contributed by atoms with Gasteiger partial charge in [0.2, 0.25) is 11.8 Å². The van der Waals surface area contributed by atoms with Gasteiger partial charge in [0, 0.05) is 28.7 Å². The molecule has 5 aliphatic rings. The molecule has 4 unspecified atom stereocenters. The second kappa shape index (κ2) is 9.78. The predicted octanol–water partition coefficient (Wildman–Crippen LogP) is 4.71. The number of Topliss-reactive ketones (excluding diaryl/α,β-unsaturated/α-hetero) is 1.